The van der Waals surface area contributed by atoms with Crippen molar-refractivity contribution >= 4 is 0 Å². The second-order valence-electron chi connectivity index (χ2n) is 6.38. The predicted octanol–water partition coefficient (Wildman–Crippen LogP) is 2.30. The minimum atomic E-state index is 0.502. The molecule has 1 fully saturated rings. The molecule has 0 aliphatic carbocycles. The lowest BCUT2D eigenvalue weighted by Crippen LogP contribution is -2.44. The molecule has 2 heterocycles. The van der Waals surface area contributed by atoms with Gasteiger partial charge in [-0.2, -0.15) is 0 Å². The van der Waals surface area contributed by atoms with Crippen LogP contribution in [0, 0.1) is 0 Å². The monoisotopic (exact) mass is 279 g/mol. The van der Waals surface area contributed by atoms with Gasteiger partial charge in [0.15, 0.2) is 0 Å². The summed E-state index contributed by atoms with van der Waals surface area (Å²) >= 11 is 0. The quantitative estimate of drug-likeness (QED) is 0.866. The fourth-order valence-corrected chi connectivity index (χ4v) is 2.83. The second-order valence-corrected chi connectivity index (χ2v) is 6.38. The number of likely N-dealkylation sites (tertiary alicyclic amines) is 1. The highest BCUT2D eigenvalue weighted by Crippen LogP contribution is 2.18. The van der Waals surface area contributed by atoms with E-state index in [2.05, 4.69) is 49.1 Å². The molecule has 114 valence electrons. The van der Waals surface area contributed by atoms with Crippen molar-refractivity contribution in [1.29, 1.82) is 0 Å². The summed E-state index contributed by atoms with van der Waals surface area (Å²) in [6.45, 7) is 8.53. The Morgan fingerprint density at radius 3 is 3.00 bits per heavy atom. The molecular weight excluding hydrogens is 250 g/mol. The number of hydrogen-bond acceptors (Lipinski definition) is 4. The number of rotatable bonds is 6. The van der Waals surface area contributed by atoms with Crippen molar-refractivity contribution in [3.05, 3.63) is 23.7 Å². The maximum absolute atomic E-state index is 5.69. The van der Waals surface area contributed by atoms with Gasteiger partial charge in [-0.15, -0.1) is 0 Å². The van der Waals surface area contributed by atoms with Crippen LogP contribution in [0.4, 0.5) is 0 Å². The maximum atomic E-state index is 5.69. The first-order chi connectivity index (χ1) is 9.56. The normalized spacial score (nSPS) is 21.0. The van der Waals surface area contributed by atoms with Gasteiger partial charge in [-0.3, -0.25) is 4.90 Å². The molecule has 0 radical (unpaired) electrons. The summed E-state index contributed by atoms with van der Waals surface area (Å²) in [4.78, 5) is 4.86. The third kappa shape index (κ3) is 4.33. The van der Waals surface area contributed by atoms with Gasteiger partial charge >= 0.3 is 0 Å². The van der Waals surface area contributed by atoms with Crippen LogP contribution in [-0.2, 0) is 13.1 Å². The number of furan rings is 1. The van der Waals surface area contributed by atoms with Gasteiger partial charge in [0, 0.05) is 30.7 Å². The molecule has 2 rings (SSSR count). The van der Waals surface area contributed by atoms with Gasteiger partial charge < -0.3 is 14.6 Å². The smallest absolute Gasteiger partial charge is 0.122 e. The molecular formula is C16H29N3O. The molecule has 4 nitrogen and oxygen atoms in total. The third-order valence-electron chi connectivity index (χ3n) is 4.15. The van der Waals surface area contributed by atoms with Crippen molar-refractivity contribution in [1.82, 2.24) is 15.1 Å². The first-order valence-corrected chi connectivity index (χ1v) is 7.73. The molecule has 0 saturated carbocycles. The van der Waals surface area contributed by atoms with Crippen molar-refractivity contribution in [2.24, 2.45) is 0 Å². The average molecular weight is 279 g/mol. The zero-order chi connectivity index (χ0) is 14.5. The minimum absolute atomic E-state index is 0.502. The number of nitrogens with zero attached hydrogens (tertiary/aromatic N) is 2. The van der Waals surface area contributed by atoms with Crippen LogP contribution in [0.2, 0.25) is 0 Å². The Hall–Kier alpha value is -0.840. The third-order valence-corrected chi connectivity index (χ3v) is 4.15. The van der Waals surface area contributed by atoms with Crippen molar-refractivity contribution in [3.8, 4) is 0 Å². The summed E-state index contributed by atoms with van der Waals surface area (Å²) in [5, 5.41) is 3.46. The standard InChI is InChI=1S/C16H29N3O/c1-13(2)17-10-14-7-9-20-16(14)12-19(4)15-6-5-8-18(3)11-15/h7,9,13,15,17H,5-6,8,10-12H2,1-4H3. The van der Waals surface area contributed by atoms with Crippen LogP contribution in [-0.4, -0.2) is 49.1 Å². The molecule has 1 unspecified atom stereocenters. The topological polar surface area (TPSA) is 31.7 Å². The van der Waals surface area contributed by atoms with E-state index < -0.39 is 0 Å². The van der Waals surface area contributed by atoms with Crippen LogP contribution in [0.5, 0.6) is 0 Å². The second kappa shape index (κ2) is 7.25. The largest absolute Gasteiger partial charge is 0.468 e. The fraction of sp³-hybridized carbons (Fsp3) is 0.750. The van der Waals surface area contributed by atoms with E-state index >= 15 is 0 Å². The van der Waals surface area contributed by atoms with E-state index in [1.54, 1.807) is 0 Å². The van der Waals surface area contributed by atoms with Crippen LogP contribution in [0.25, 0.3) is 0 Å². The van der Waals surface area contributed by atoms with Crippen molar-refractivity contribution in [3.63, 3.8) is 0 Å². The first kappa shape index (κ1) is 15.5. The highest BCUT2D eigenvalue weighted by Gasteiger charge is 2.22. The van der Waals surface area contributed by atoms with Crippen LogP contribution in [0.15, 0.2) is 16.7 Å². The molecule has 0 amide bonds. The SMILES string of the molecule is CC(C)NCc1ccoc1CN(C)C1CCCN(C)C1. The Bertz CT molecular complexity index is 402. The fourth-order valence-electron chi connectivity index (χ4n) is 2.83. The number of hydrogen-bond donors (Lipinski definition) is 1. The molecule has 1 saturated heterocycles. The summed E-state index contributed by atoms with van der Waals surface area (Å²) in [6.07, 6.45) is 4.40. The van der Waals surface area contributed by atoms with Crippen molar-refractivity contribution in [2.45, 2.75) is 51.9 Å². The minimum Gasteiger partial charge on any atom is -0.468 e. The zero-order valence-electron chi connectivity index (χ0n) is 13.4. The van der Waals surface area contributed by atoms with Gasteiger partial charge in [-0.25, -0.2) is 0 Å². The highest BCUT2D eigenvalue weighted by molar-refractivity contribution is 5.17. The van der Waals surface area contributed by atoms with E-state index in [1.165, 1.54) is 24.9 Å². The summed E-state index contributed by atoms with van der Waals surface area (Å²) in [5.41, 5.74) is 1.29. The van der Waals surface area contributed by atoms with Gasteiger partial charge in [0.2, 0.25) is 0 Å². The maximum Gasteiger partial charge on any atom is 0.122 e. The number of piperidine rings is 1. The van der Waals surface area contributed by atoms with E-state index in [0.717, 1.165) is 25.4 Å². The summed E-state index contributed by atoms with van der Waals surface area (Å²) < 4.78 is 5.69. The zero-order valence-corrected chi connectivity index (χ0v) is 13.4. The number of likely N-dealkylation sites (N-methyl/N-ethyl adjacent to an activating group) is 2. The highest BCUT2D eigenvalue weighted by atomic mass is 16.3. The lowest BCUT2D eigenvalue weighted by atomic mass is 10.0. The van der Waals surface area contributed by atoms with E-state index in [1.807, 2.05) is 6.26 Å². The molecule has 0 bridgehead atoms. The van der Waals surface area contributed by atoms with Gasteiger partial charge in [0.1, 0.15) is 5.76 Å². The molecule has 4 heteroatoms. The van der Waals surface area contributed by atoms with E-state index in [9.17, 15) is 0 Å². The average Bonchev–Trinajstić information content (AvgIpc) is 2.83. The molecule has 20 heavy (non-hydrogen) atoms. The Morgan fingerprint density at radius 2 is 2.30 bits per heavy atom. The number of nitrogens with one attached hydrogen (secondary N) is 1. The Balaban J connectivity index is 1.90. The Morgan fingerprint density at radius 1 is 1.50 bits per heavy atom. The summed E-state index contributed by atoms with van der Waals surface area (Å²) in [5.74, 6) is 1.11. The van der Waals surface area contributed by atoms with Gasteiger partial charge in [0.05, 0.1) is 12.8 Å². The molecule has 0 aromatic carbocycles. The van der Waals surface area contributed by atoms with Gasteiger partial charge in [-0.05, 0) is 39.5 Å². The van der Waals surface area contributed by atoms with Gasteiger partial charge in [0.25, 0.3) is 0 Å². The summed E-state index contributed by atoms with van der Waals surface area (Å²) in [6, 6.07) is 3.23. The van der Waals surface area contributed by atoms with E-state index in [4.69, 9.17) is 4.42 Å². The van der Waals surface area contributed by atoms with E-state index in [-0.39, 0.29) is 0 Å². The predicted molar refractivity (Wildman–Crippen MR) is 82.7 cm³/mol. The lowest BCUT2D eigenvalue weighted by Gasteiger charge is -2.35. The van der Waals surface area contributed by atoms with Crippen LogP contribution in [0.1, 0.15) is 38.0 Å². The molecule has 1 aromatic rings. The Labute approximate surface area is 123 Å². The van der Waals surface area contributed by atoms with E-state index in [0.29, 0.717) is 12.1 Å². The van der Waals surface area contributed by atoms with Crippen LogP contribution < -0.4 is 5.32 Å². The molecule has 1 aliphatic rings. The molecule has 1 aliphatic heterocycles. The molecule has 1 aromatic heterocycles. The van der Waals surface area contributed by atoms with Crippen LogP contribution in [0.3, 0.4) is 0 Å². The lowest BCUT2D eigenvalue weighted by molar-refractivity contribution is 0.123. The summed E-state index contributed by atoms with van der Waals surface area (Å²) in [7, 11) is 4.43. The first-order valence-electron chi connectivity index (χ1n) is 7.73. The van der Waals surface area contributed by atoms with Crippen molar-refractivity contribution in [2.75, 3.05) is 27.2 Å². The van der Waals surface area contributed by atoms with Crippen molar-refractivity contribution < 1.29 is 4.42 Å². The Kier molecular flexibility index (Phi) is 5.64. The van der Waals surface area contributed by atoms with Gasteiger partial charge in [-0.1, -0.05) is 13.8 Å². The van der Waals surface area contributed by atoms with Crippen LogP contribution >= 0.6 is 0 Å². The molecule has 0 spiro atoms. The molecule has 1 atom stereocenters. The molecule has 1 N–H and O–H groups in total.